The number of nitrogens with zero attached hydrogens (tertiary/aromatic N) is 1. The molecular formula is C14H26N2S. The van der Waals surface area contributed by atoms with Crippen molar-refractivity contribution in [1.29, 1.82) is 0 Å². The lowest BCUT2D eigenvalue weighted by atomic mass is 9.83. The molecule has 17 heavy (non-hydrogen) atoms. The summed E-state index contributed by atoms with van der Waals surface area (Å²) in [5.41, 5.74) is 0.316. The molecule has 1 unspecified atom stereocenters. The maximum absolute atomic E-state index is 4.68. The van der Waals surface area contributed by atoms with Crippen molar-refractivity contribution in [3.05, 3.63) is 0 Å². The van der Waals surface area contributed by atoms with Crippen molar-refractivity contribution >= 4 is 16.9 Å². The van der Waals surface area contributed by atoms with E-state index in [1.54, 1.807) is 0 Å². The van der Waals surface area contributed by atoms with Crippen LogP contribution in [-0.4, -0.2) is 22.5 Å². The van der Waals surface area contributed by atoms with Crippen LogP contribution < -0.4 is 5.32 Å². The molecule has 1 heterocycles. The Kier molecular flexibility index (Phi) is 4.40. The van der Waals surface area contributed by atoms with Crippen molar-refractivity contribution in [1.82, 2.24) is 5.32 Å². The number of amidine groups is 1. The van der Waals surface area contributed by atoms with Gasteiger partial charge in [-0.3, -0.25) is 4.99 Å². The highest BCUT2D eigenvalue weighted by atomic mass is 32.2. The highest BCUT2D eigenvalue weighted by Crippen LogP contribution is 2.31. The molecule has 3 heteroatoms. The van der Waals surface area contributed by atoms with E-state index >= 15 is 0 Å². The lowest BCUT2D eigenvalue weighted by Crippen LogP contribution is -2.46. The molecule has 2 rings (SSSR count). The van der Waals surface area contributed by atoms with Crippen LogP contribution in [0, 0.1) is 5.92 Å². The molecule has 2 nitrogen and oxygen atoms in total. The van der Waals surface area contributed by atoms with Crippen LogP contribution in [0.4, 0.5) is 0 Å². The lowest BCUT2D eigenvalue weighted by Gasteiger charge is -2.35. The van der Waals surface area contributed by atoms with Gasteiger partial charge in [0.25, 0.3) is 0 Å². The summed E-state index contributed by atoms with van der Waals surface area (Å²) >= 11 is 1.97. The summed E-state index contributed by atoms with van der Waals surface area (Å²) in [6, 6.07) is 0. The van der Waals surface area contributed by atoms with Gasteiger partial charge in [0.15, 0.2) is 5.17 Å². The molecule has 1 aliphatic heterocycles. The molecule has 0 aromatic rings. The predicted octanol–water partition coefficient (Wildman–Crippen LogP) is 3.82. The van der Waals surface area contributed by atoms with Crippen LogP contribution in [0.5, 0.6) is 0 Å². The van der Waals surface area contributed by atoms with Crippen LogP contribution in [0.3, 0.4) is 0 Å². The minimum Gasteiger partial charge on any atom is -0.360 e. The molecule has 1 fully saturated rings. The summed E-state index contributed by atoms with van der Waals surface area (Å²) in [6.07, 6.45) is 8.06. The number of aliphatic imine (C=N–C) groups is 1. The number of nitrogens with one attached hydrogen (secondary N) is 1. The molecule has 0 aromatic carbocycles. The van der Waals surface area contributed by atoms with Crippen molar-refractivity contribution in [2.24, 2.45) is 10.9 Å². The fourth-order valence-corrected chi connectivity index (χ4v) is 4.25. The first-order chi connectivity index (χ1) is 8.07. The van der Waals surface area contributed by atoms with Crippen molar-refractivity contribution < 1.29 is 0 Å². The first-order valence-electron chi connectivity index (χ1n) is 7.07. The molecule has 0 bridgehead atoms. The molecule has 98 valence electrons. The van der Waals surface area contributed by atoms with Gasteiger partial charge in [0.2, 0.25) is 0 Å². The molecule has 0 radical (unpaired) electrons. The van der Waals surface area contributed by atoms with E-state index in [2.05, 4.69) is 31.1 Å². The smallest absolute Gasteiger partial charge is 0.157 e. The van der Waals surface area contributed by atoms with Gasteiger partial charge < -0.3 is 5.32 Å². The van der Waals surface area contributed by atoms with E-state index in [9.17, 15) is 0 Å². The summed E-state index contributed by atoms with van der Waals surface area (Å²) in [4.78, 5) is 4.68. The van der Waals surface area contributed by atoms with Crippen LogP contribution in [-0.2, 0) is 0 Å². The average molecular weight is 254 g/mol. The van der Waals surface area contributed by atoms with Gasteiger partial charge in [0, 0.05) is 10.8 Å². The highest BCUT2D eigenvalue weighted by Gasteiger charge is 2.30. The van der Waals surface area contributed by atoms with E-state index in [0.717, 1.165) is 12.5 Å². The quantitative estimate of drug-likeness (QED) is 0.828. The zero-order valence-electron chi connectivity index (χ0n) is 11.5. The topological polar surface area (TPSA) is 24.4 Å². The van der Waals surface area contributed by atoms with E-state index in [4.69, 9.17) is 0 Å². The molecular weight excluding hydrogens is 228 g/mol. The van der Waals surface area contributed by atoms with Gasteiger partial charge >= 0.3 is 0 Å². The molecule has 1 atom stereocenters. The first kappa shape index (κ1) is 13.3. The normalized spacial score (nSPS) is 28.2. The highest BCUT2D eigenvalue weighted by molar-refractivity contribution is 8.14. The van der Waals surface area contributed by atoms with E-state index in [1.807, 2.05) is 11.8 Å². The maximum atomic E-state index is 4.68. The Morgan fingerprint density at radius 3 is 2.71 bits per heavy atom. The molecule has 2 aliphatic rings. The van der Waals surface area contributed by atoms with Crippen LogP contribution >= 0.6 is 11.8 Å². The molecule has 1 aliphatic carbocycles. The van der Waals surface area contributed by atoms with Crippen LogP contribution in [0.2, 0.25) is 0 Å². The van der Waals surface area contributed by atoms with E-state index in [-0.39, 0.29) is 0 Å². The summed E-state index contributed by atoms with van der Waals surface area (Å²) < 4.78 is 0. The Morgan fingerprint density at radius 2 is 2.06 bits per heavy atom. The number of hydrogen-bond donors (Lipinski definition) is 1. The standard InChI is InChI=1S/C14H26N2S/c1-11(2)9-12-10-15-13(17-12)16-14(3)7-5-4-6-8-14/h11-12H,4-10H2,1-3H3,(H,15,16). The number of thioether (sulfide) groups is 1. The number of rotatable bonds is 3. The zero-order valence-corrected chi connectivity index (χ0v) is 12.3. The van der Waals surface area contributed by atoms with Gasteiger partial charge in [-0.05, 0) is 32.1 Å². The largest absolute Gasteiger partial charge is 0.360 e. The maximum Gasteiger partial charge on any atom is 0.157 e. The monoisotopic (exact) mass is 254 g/mol. The third kappa shape index (κ3) is 3.90. The van der Waals surface area contributed by atoms with Crippen LogP contribution in [0.15, 0.2) is 4.99 Å². The minimum atomic E-state index is 0.316. The van der Waals surface area contributed by atoms with Gasteiger partial charge in [-0.2, -0.15) is 0 Å². The van der Waals surface area contributed by atoms with Crippen molar-refractivity contribution in [3.8, 4) is 0 Å². The molecule has 0 aromatic heterocycles. The zero-order chi connectivity index (χ0) is 12.3. The first-order valence-corrected chi connectivity index (χ1v) is 7.95. The average Bonchev–Trinajstić information content (AvgIpc) is 2.64. The van der Waals surface area contributed by atoms with Gasteiger partial charge in [0.1, 0.15) is 0 Å². The minimum absolute atomic E-state index is 0.316. The SMILES string of the molecule is CC(C)CC1CN=C(NC2(C)CCCCC2)S1. The predicted molar refractivity (Wildman–Crippen MR) is 77.8 cm³/mol. The van der Waals surface area contributed by atoms with Crippen molar-refractivity contribution in [2.45, 2.75) is 70.1 Å². The third-order valence-corrected chi connectivity index (χ3v) is 4.95. The summed E-state index contributed by atoms with van der Waals surface area (Å²) in [5.74, 6) is 0.785. The fraction of sp³-hybridized carbons (Fsp3) is 0.929. The van der Waals surface area contributed by atoms with Crippen LogP contribution in [0.1, 0.15) is 59.3 Å². The number of hydrogen-bond acceptors (Lipinski definition) is 3. The molecule has 0 spiro atoms. The Balaban J connectivity index is 1.80. The Bertz CT molecular complexity index is 280. The molecule has 0 amide bonds. The molecule has 1 N–H and O–H groups in total. The molecule has 0 saturated heterocycles. The second-order valence-electron chi connectivity index (χ2n) is 6.26. The van der Waals surface area contributed by atoms with Gasteiger partial charge in [-0.1, -0.05) is 44.9 Å². The third-order valence-electron chi connectivity index (χ3n) is 3.82. The summed E-state index contributed by atoms with van der Waals surface area (Å²) in [6.45, 7) is 7.98. The van der Waals surface area contributed by atoms with E-state index in [1.165, 1.54) is 43.7 Å². The lowest BCUT2D eigenvalue weighted by molar-refractivity contribution is 0.292. The van der Waals surface area contributed by atoms with Crippen molar-refractivity contribution in [3.63, 3.8) is 0 Å². The second kappa shape index (κ2) is 5.64. The van der Waals surface area contributed by atoms with E-state index < -0.39 is 0 Å². The summed E-state index contributed by atoms with van der Waals surface area (Å²) in [7, 11) is 0. The van der Waals surface area contributed by atoms with Crippen LogP contribution in [0.25, 0.3) is 0 Å². The van der Waals surface area contributed by atoms with Crippen molar-refractivity contribution in [2.75, 3.05) is 6.54 Å². The second-order valence-corrected chi connectivity index (χ2v) is 7.55. The summed E-state index contributed by atoms with van der Waals surface area (Å²) in [5, 5.41) is 5.63. The van der Waals surface area contributed by atoms with E-state index in [0.29, 0.717) is 10.8 Å². The van der Waals surface area contributed by atoms with Gasteiger partial charge in [-0.25, -0.2) is 0 Å². The Hall–Kier alpha value is -0.180. The van der Waals surface area contributed by atoms with Gasteiger partial charge in [-0.15, -0.1) is 0 Å². The Labute approximate surface area is 110 Å². The Morgan fingerprint density at radius 1 is 1.35 bits per heavy atom. The molecule has 1 saturated carbocycles. The fourth-order valence-electron chi connectivity index (χ4n) is 2.85. The van der Waals surface area contributed by atoms with Gasteiger partial charge in [0.05, 0.1) is 6.54 Å².